The number of amides is 1. The van der Waals surface area contributed by atoms with Crippen molar-refractivity contribution in [2.24, 2.45) is 0 Å². The third-order valence-electron chi connectivity index (χ3n) is 5.04. The first kappa shape index (κ1) is 19.1. The molecule has 0 atom stereocenters. The standard InChI is InChI=1S/C23H21FN2O3/c1-26(13-15-6-10-17(24)11-7-15)22(27)14-29-23(28)19-12-21(16-8-9-16)25-20-5-3-2-4-18(19)20/h2-7,10-12,16H,8-9,13-14H2,1H3. The number of aromatic nitrogens is 1. The number of nitrogens with zero attached hydrogens (tertiary/aromatic N) is 2. The normalized spacial score (nSPS) is 13.3. The van der Waals surface area contributed by atoms with Crippen LogP contribution in [-0.2, 0) is 16.1 Å². The van der Waals surface area contributed by atoms with Crippen molar-refractivity contribution in [3.8, 4) is 0 Å². The van der Waals surface area contributed by atoms with E-state index in [0.29, 0.717) is 23.4 Å². The minimum atomic E-state index is -0.533. The summed E-state index contributed by atoms with van der Waals surface area (Å²) in [6.45, 7) is -0.0490. The molecule has 1 fully saturated rings. The Kier molecular flexibility index (Phi) is 5.25. The van der Waals surface area contributed by atoms with Crippen molar-refractivity contribution in [1.29, 1.82) is 0 Å². The number of carbonyl (C=O) groups excluding carboxylic acids is 2. The Hall–Kier alpha value is -3.28. The van der Waals surface area contributed by atoms with Gasteiger partial charge in [0.15, 0.2) is 6.61 Å². The number of pyridine rings is 1. The third-order valence-corrected chi connectivity index (χ3v) is 5.04. The molecular formula is C23H21FN2O3. The number of carbonyl (C=O) groups is 2. The van der Waals surface area contributed by atoms with E-state index in [-0.39, 0.29) is 18.3 Å². The van der Waals surface area contributed by atoms with E-state index in [1.807, 2.05) is 24.3 Å². The number of hydrogen-bond acceptors (Lipinski definition) is 4. The van der Waals surface area contributed by atoms with Crippen molar-refractivity contribution in [3.05, 3.63) is 77.2 Å². The fourth-order valence-corrected chi connectivity index (χ4v) is 3.22. The molecule has 2 aromatic carbocycles. The van der Waals surface area contributed by atoms with E-state index in [1.54, 1.807) is 25.2 Å². The van der Waals surface area contributed by atoms with Gasteiger partial charge in [-0.3, -0.25) is 9.78 Å². The van der Waals surface area contributed by atoms with E-state index in [1.165, 1.54) is 17.0 Å². The molecule has 6 heteroatoms. The van der Waals surface area contributed by atoms with Crippen LogP contribution in [0, 0.1) is 5.82 Å². The van der Waals surface area contributed by atoms with Crippen LogP contribution in [0.15, 0.2) is 54.6 Å². The molecule has 0 spiro atoms. The van der Waals surface area contributed by atoms with Crippen molar-refractivity contribution in [1.82, 2.24) is 9.88 Å². The molecular weight excluding hydrogens is 371 g/mol. The van der Waals surface area contributed by atoms with Gasteiger partial charge in [-0.05, 0) is 42.7 Å². The zero-order valence-corrected chi connectivity index (χ0v) is 16.1. The maximum atomic E-state index is 13.0. The molecule has 1 amide bonds. The molecule has 1 aromatic heterocycles. The Morgan fingerprint density at radius 1 is 1.14 bits per heavy atom. The summed E-state index contributed by atoms with van der Waals surface area (Å²) in [5, 5.41) is 0.717. The lowest BCUT2D eigenvalue weighted by atomic mass is 10.1. The Balaban J connectivity index is 1.44. The number of halogens is 1. The lowest BCUT2D eigenvalue weighted by Gasteiger charge is -2.17. The molecule has 0 aliphatic heterocycles. The van der Waals surface area contributed by atoms with Crippen molar-refractivity contribution < 1.29 is 18.7 Å². The third kappa shape index (κ3) is 4.42. The number of benzene rings is 2. The molecule has 0 bridgehead atoms. The summed E-state index contributed by atoms with van der Waals surface area (Å²) in [7, 11) is 1.62. The van der Waals surface area contributed by atoms with Gasteiger partial charge in [-0.25, -0.2) is 9.18 Å². The first-order valence-corrected chi connectivity index (χ1v) is 9.56. The van der Waals surface area contributed by atoms with Gasteiger partial charge in [0.2, 0.25) is 0 Å². The molecule has 1 aliphatic rings. The van der Waals surface area contributed by atoms with Crippen molar-refractivity contribution in [2.75, 3.05) is 13.7 Å². The van der Waals surface area contributed by atoms with Crippen LogP contribution in [0.4, 0.5) is 4.39 Å². The van der Waals surface area contributed by atoms with Gasteiger partial charge in [0.05, 0.1) is 11.1 Å². The minimum Gasteiger partial charge on any atom is -0.452 e. The van der Waals surface area contributed by atoms with Crippen LogP contribution in [0.3, 0.4) is 0 Å². The van der Waals surface area contributed by atoms with E-state index in [4.69, 9.17) is 4.74 Å². The molecule has 0 N–H and O–H groups in total. The molecule has 1 saturated carbocycles. The average molecular weight is 392 g/mol. The smallest absolute Gasteiger partial charge is 0.339 e. The van der Waals surface area contributed by atoms with E-state index in [2.05, 4.69) is 4.98 Å². The Labute approximate surface area is 168 Å². The summed E-state index contributed by atoms with van der Waals surface area (Å²) >= 11 is 0. The Bertz CT molecular complexity index is 1060. The molecule has 3 aromatic rings. The average Bonchev–Trinajstić information content (AvgIpc) is 3.58. The molecule has 5 nitrogen and oxygen atoms in total. The lowest BCUT2D eigenvalue weighted by molar-refractivity contribution is -0.133. The summed E-state index contributed by atoms with van der Waals surface area (Å²) in [4.78, 5) is 31.2. The second-order valence-electron chi connectivity index (χ2n) is 7.34. The lowest BCUT2D eigenvalue weighted by Crippen LogP contribution is -2.30. The van der Waals surface area contributed by atoms with Crippen LogP contribution in [-0.4, -0.2) is 35.4 Å². The van der Waals surface area contributed by atoms with Crippen LogP contribution in [0.2, 0.25) is 0 Å². The number of para-hydroxylation sites is 1. The number of fused-ring (bicyclic) bond motifs is 1. The summed E-state index contributed by atoms with van der Waals surface area (Å²) < 4.78 is 18.3. The summed E-state index contributed by atoms with van der Waals surface area (Å²) in [5.74, 6) is -0.793. The van der Waals surface area contributed by atoms with Crippen LogP contribution >= 0.6 is 0 Å². The van der Waals surface area contributed by atoms with Gasteiger partial charge in [0.1, 0.15) is 5.82 Å². The van der Waals surface area contributed by atoms with Crippen LogP contribution in [0.25, 0.3) is 10.9 Å². The van der Waals surface area contributed by atoms with Crippen LogP contribution in [0.1, 0.15) is 40.4 Å². The number of rotatable bonds is 6. The van der Waals surface area contributed by atoms with Crippen LogP contribution < -0.4 is 0 Å². The molecule has 0 unspecified atom stereocenters. The zero-order chi connectivity index (χ0) is 20.4. The molecule has 148 valence electrons. The highest BCUT2D eigenvalue weighted by molar-refractivity contribution is 6.04. The van der Waals surface area contributed by atoms with Gasteiger partial charge in [-0.15, -0.1) is 0 Å². The Morgan fingerprint density at radius 2 is 1.86 bits per heavy atom. The van der Waals surface area contributed by atoms with Gasteiger partial charge in [-0.2, -0.15) is 0 Å². The van der Waals surface area contributed by atoms with E-state index < -0.39 is 5.97 Å². The molecule has 0 saturated heterocycles. The largest absolute Gasteiger partial charge is 0.452 e. The molecule has 4 rings (SSSR count). The minimum absolute atomic E-state index is 0.306. The first-order chi connectivity index (χ1) is 14.0. The van der Waals surface area contributed by atoms with Gasteiger partial charge >= 0.3 is 5.97 Å². The van der Waals surface area contributed by atoms with Crippen LogP contribution in [0.5, 0.6) is 0 Å². The first-order valence-electron chi connectivity index (χ1n) is 9.56. The highest BCUT2D eigenvalue weighted by Gasteiger charge is 2.27. The number of likely N-dealkylation sites (N-methyl/N-ethyl adjacent to an activating group) is 1. The predicted octanol–water partition coefficient (Wildman–Crippen LogP) is 4.07. The number of esters is 1. The second kappa shape index (κ2) is 7.99. The number of hydrogen-bond donors (Lipinski definition) is 0. The van der Waals surface area contributed by atoms with Crippen molar-refractivity contribution in [3.63, 3.8) is 0 Å². The highest BCUT2D eigenvalue weighted by atomic mass is 19.1. The number of ether oxygens (including phenoxy) is 1. The Morgan fingerprint density at radius 3 is 2.59 bits per heavy atom. The fourth-order valence-electron chi connectivity index (χ4n) is 3.22. The zero-order valence-electron chi connectivity index (χ0n) is 16.1. The van der Waals surface area contributed by atoms with Gasteiger partial charge in [0.25, 0.3) is 5.91 Å². The van der Waals surface area contributed by atoms with E-state index in [0.717, 1.165) is 29.6 Å². The SMILES string of the molecule is CN(Cc1ccc(F)cc1)C(=O)COC(=O)c1cc(C2CC2)nc2ccccc12. The second-order valence-corrected chi connectivity index (χ2v) is 7.34. The van der Waals surface area contributed by atoms with Gasteiger partial charge < -0.3 is 9.64 Å². The molecule has 29 heavy (non-hydrogen) atoms. The quantitative estimate of drug-likeness (QED) is 0.594. The summed E-state index contributed by atoms with van der Waals surface area (Å²) in [6, 6.07) is 15.2. The van der Waals surface area contributed by atoms with E-state index >= 15 is 0 Å². The molecule has 1 aliphatic carbocycles. The summed E-state index contributed by atoms with van der Waals surface area (Å²) in [5.41, 5.74) is 2.88. The maximum absolute atomic E-state index is 13.0. The van der Waals surface area contributed by atoms with Gasteiger partial charge in [-0.1, -0.05) is 30.3 Å². The van der Waals surface area contributed by atoms with Crippen molar-refractivity contribution in [2.45, 2.75) is 25.3 Å². The monoisotopic (exact) mass is 392 g/mol. The van der Waals surface area contributed by atoms with E-state index in [9.17, 15) is 14.0 Å². The van der Waals surface area contributed by atoms with Gasteiger partial charge in [0, 0.05) is 30.6 Å². The summed E-state index contributed by atoms with van der Waals surface area (Å²) in [6.07, 6.45) is 2.15. The highest BCUT2D eigenvalue weighted by Crippen LogP contribution is 2.40. The fraction of sp³-hybridized carbons (Fsp3) is 0.261. The van der Waals surface area contributed by atoms with Crippen molar-refractivity contribution >= 4 is 22.8 Å². The molecule has 1 heterocycles. The molecule has 0 radical (unpaired) electrons. The topological polar surface area (TPSA) is 59.5 Å². The maximum Gasteiger partial charge on any atom is 0.339 e. The predicted molar refractivity (Wildman–Crippen MR) is 107 cm³/mol.